The Morgan fingerprint density at radius 2 is 1.81 bits per heavy atom. The molecule has 4 heteroatoms. The molecular formula is C12H18N2O2. The lowest BCUT2D eigenvalue weighted by Gasteiger charge is -1.98. The van der Waals surface area contributed by atoms with Crippen molar-refractivity contribution < 1.29 is 5.11 Å². The molecule has 0 bridgehead atoms. The van der Waals surface area contributed by atoms with Crippen LogP contribution in [0.2, 0.25) is 0 Å². The summed E-state index contributed by atoms with van der Waals surface area (Å²) < 4.78 is 1.29. The van der Waals surface area contributed by atoms with E-state index in [1.807, 2.05) is 27.7 Å². The summed E-state index contributed by atoms with van der Waals surface area (Å²) in [5.41, 5.74) is 0.0842. The summed E-state index contributed by atoms with van der Waals surface area (Å²) in [6.45, 7) is 8.00. The highest BCUT2D eigenvalue weighted by Gasteiger charge is 1.99. The second kappa shape index (κ2) is 7.45. The van der Waals surface area contributed by atoms with Crippen LogP contribution in [0.25, 0.3) is 5.65 Å². The maximum atomic E-state index is 11.1. The molecule has 2 heterocycles. The summed E-state index contributed by atoms with van der Waals surface area (Å²) in [4.78, 5) is 15.0. The normalized spacial score (nSPS) is 8.50. The van der Waals surface area contributed by atoms with Gasteiger partial charge in [0.25, 0.3) is 5.56 Å². The van der Waals surface area contributed by atoms with E-state index in [1.54, 1.807) is 12.3 Å². The van der Waals surface area contributed by atoms with E-state index in [2.05, 4.69) is 4.98 Å². The molecule has 0 unspecified atom stereocenters. The Balaban J connectivity index is 0.000000509. The molecule has 0 amide bonds. The summed E-state index contributed by atoms with van der Waals surface area (Å²) in [6.07, 6.45) is 2.93. The third kappa shape index (κ3) is 3.08. The van der Waals surface area contributed by atoms with Crippen molar-refractivity contribution in [1.29, 1.82) is 0 Å². The van der Waals surface area contributed by atoms with Gasteiger partial charge in [-0.2, -0.15) is 0 Å². The van der Waals surface area contributed by atoms with E-state index in [0.29, 0.717) is 0 Å². The van der Waals surface area contributed by atoms with E-state index in [9.17, 15) is 9.90 Å². The predicted octanol–water partition coefficient (Wildman–Crippen LogP) is 2.45. The van der Waals surface area contributed by atoms with E-state index >= 15 is 0 Å². The summed E-state index contributed by atoms with van der Waals surface area (Å²) in [6, 6.07) is 4.42. The van der Waals surface area contributed by atoms with Crippen molar-refractivity contribution in [2.75, 3.05) is 0 Å². The minimum Gasteiger partial charge on any atom is -0.504 e. The van der Waals surface area contributed by atoms with Crippen molar-refractivity contribution >= 4 is 5.65 Å². The van der Waals surface area contributed by atoms with Crippen molar-refractivity contribution in [3.8, 4) is 5.75 Å². The van der Waals surface area contributed by atoms with Crippen LogP contribution < -0.4 is 5.56 Å². The van der Waals surface area contributed by atoms with Crippen molar-refractivity contribution in [1.82, 2.24) is 9.38 Å². The second-order valence-corrected chi connectivity index (χ2v) is 2.37. The molecular weight excluding hydrogens is 204 g/mol. The van der Waals surface area contributed by atoms with Crippen molar-refractivity contribution in [3.63, 3.8) is 0 Å². The molecule has 0 saturated heterocycles. The van der Waals surface area contributed by atoms with Crippen molar-refractivity contribution in [2.24, 2.45) is 0 Å². The number of hydrogen-bond acceptors (Lipinski definition) is 3. The molecule has 0 aliphatic carbocycles. The van der Waals surface area contributed by atoms with Gasteiger partial charge >= 0.3 is 0 Å². The number of aromatic nitrogens is 2. The van der Waals surface area contributed by atoms with Crippen LogP contribution in [0.3, 0.4) is 0 Å². The Labute approximate surface area is 95.2 Å². The molecule has 0 aliphatic heterocycles. The molecule has 4 nitrogen and oxygen atoms in total. The monoisotopic (exact) mass is 222 g/mol. The third-order valence-corrected chi connectivity index (χ3v) is 1.60. The fourth-order valence-electron chi connectivity index (χ4n) is 1.05. The largest absolute Gasteiger partial charge is 0.504 e. The Kier molecular flexibility index (Phi) is 6.59. The zero-order chi connectivity index (χ0) is 12.6. The highest BCUT2D eigenvalue weighted by molar-refractivity contribution is 5.51. The first-order chi connectivity index (χ1) is 7.79. The van der Waals surface area contributed by atoms with Crippen LogP contribution in [-0.4, -0.2) is 14.5 Å². The Bertz CT molecular complexity index is 478. The van der Waals surface area contributed by atoms with Gasteiger partial charge in [-0.3, -0.25) is 9.20 Å². The van der Waals surface area contributed by atoms with Crippen LogP contribution in [0.15, 0.2) is 35.4 Å². The average Bonchev–Trinajstić information content (AvgIpc) is 2.36. The number of fused-ring (bicyclic) bond motifs is 1. The van der Waals surface area contributed by atoms with Crippen LogP contribution in [-0.2, 0) is 0 Å². The van der Waals surface area contributed by atoms with Gasteiger partial charge in [-0.05, 0) is 12.1 Å². The lowest BCUT2D eigenvalue weighted by atomic mass is 10.4. The standard InChI is InChI=1S/C8H6N2O2.2C2H6/c11-6-2-1-5-10-7(12)3-4-9-8(6)10;2*1-2/h1-5,11H;2*1-2H3. The summed E-state index contributed by atoms with van der Waals surface area (Å²) in [5, 5.41) is 9.27. The first kappa shape index (κ1) is 14.2. The Hall–Kier alpha value is -1.84. The van der Waals surface area contributed by atoms with E-state index in [4.69, 9.17) is 0 Å². The SMILES string of the molecule is CC.CC.O=c1ccnc2c(O)cccn12. The van der Waals surface area contributed by atoms with Gasteiger partial charge in [0.2, 0.25) is 0 Å². The maximum Gasteiger partial charge on any atom is 0.257 e. The molecule has 88 valence electrons. The minimum atomic E-state index is -0.198. The Morgan fingerprint density at radius 3 is 2.38 bits per heavy atom. The molecule has 0 radical (unpaired) electrons. The first-order valence-electron chi connectivity index (χ1n) is 5.44. The lowest BCUT2D eigenvalue weighted by molar-refractivity contribution is 0.476. The smallest absolute Gasteiger partial charge is 0.257 e. The highest BCUT2D eigenvalue weighted by atomic mass is 16.3. The van der Waals surface area contributed by atoms with Crippen molar-refractivity contribution in [3.05, 3.63) is 40.9 Å². The molecule has 0 aromatic carbocycles. The maximum absolute atomic E-state index is 11.1. The second-order valence-electron chi connectivity index (χ2n) is 2.37. The fraction of sp³-hybridized carbons (Fsp3) is 0.333. The number of pyridine rings is 1. The summed E-state index contributed by atoms with van der Waals surface area (Å²) in [5.74, 6) is 0.00944. The zero-order valence-electron chi connectivity index (χ0n) is 10.1. The quantitative estimate of drug-likeness (QED) is 0.745. The van der Waals surface area contributed by atoms with Gasteiger partial charge in [0.1, 0.15) is 0 Å². The first-order valence-corrected chi connectivity index (χ1v) is 5.44. The fourth-order valence-corrected chi connectivity index (χ4v) is 1.05. The van der Waals surface area contributed by atoms with Crippen molar-refractivity contribution in [2.45, 2.75) is 27.7 Å². The van der Waals surface area contributed by atoms with Gasteiger partial charge in [0.15, 0.2) is 11.4 Å². The van der Waals surface area contributed by atoms with Gasteiger partial charge in [0, 0.05) is 18.5 Å². The van der Waals surface area contributed by atoms with Crippen LogP contribution in [0.4, 0.5) is 0 Å². The molecule has 16 heavy (non-hydrogen) atoms. The highest BCUT2D eigenvalue weighted by Crippen LogP contribution is 2.11. The molecule has 2 rings (SSSR count). The Morgan fingerprint density at radius 1 is 1.19 bits per heavy atom. The van der Waals surface area contributed by atoms with E-state index < -0.39 is 0 Å². The summed E-state index contributed by atoms with van der Waals surface area (Å²) in [7, 11) is 0. The topological polar surface area (TPSA) is 54.6 Å². The number of aromatic hydroxyl groups is 1. The number of nitrogens with zero attached hydrogens (tertiary/aromatic N) is 2. The third-order valence-electron chi connectivity index (χ3n) is 1.60. The zero-order valence-corrected chi connectivity index (χ0v) is 10.1. The van der Waals surface area contributed by atoms with Gasteiger partial charge in [-0.15, -0.1) is 0 Å². The summed E-state index contributed by atoms with van der Waals surface area (Å²) >= 11 is 0. The van der Waals surface area contributed by atoms with E-state index in [0.717, 1.165) is 0 Å². The average molecular weight is 222 g/mol. The number of rotatable bonds is 0. The van der Waals surface area contributed by atoms with Gasteiger partial charge in [-0.25, -0.2) is 4.98 Å². The molecule has 2 aromatic heterocycles. The molecule has 0 atom stereocenters. The van der Waals surface area contributed by atoms with Gasteiger partial charge in [-0.1, -0.05) is 27.7 Å². The molecule has 0 aliphatic rings. The van der Waals surface area contributed by atoms with Crippen LogP contribution in [0.1, 0.15) is 27.7 Å². The van der Waals surface area contributed by atoms with Crippen LogP contribution in [0.5, 0.6) is 5.75 Å². The van der Waals surface area contributed by atoms with Crippen LogP contribution in [0, 0.1) is 0 Å². The van der Waals surface area contributed by atoms with Gasteiger partial charge in [0.05, 0.1) is 0 Å². The number of hydrogen-bond donors (Lipinski definition) is 1. The molecule has 0 spiro atoms. The molecule has 1 N–H and O–H groups in total. The lowest BCUT2D eigenvalue weighted by Crippen LogP contribution is -2.11. The van der Waals surface area contributed by atoms with E-state index in [1.165, 1.54) is 22.7 Å². The predicted molar refractivity (Wildman–Crippen MR) is 65.8 cm³/mol. The minimum absolute atomic E-state index is 0.00944. The van der Waals surface area contributed by atoms with Gasteiger partial charge < -0.3 is 5.11 Å². The molecule has 2 aromatic rings. The molecule has 0 fully saturated rings. The van der Waals surface area contributed by atoms with Crippen LogP contribution >= 0.6 is 0 Å². The van der Waals surface area contributed by atoms with E-state index in [-0.39, 0.29) is 17.0 Å². The molecule has 0 saturated carbocycles.